The van der Waals surface area contributed by atoms with Crippen LogP contribution in [0.5, 0.6) is 0 Å². The summed E-state index contributed by atoms with van der Waals surface area (Å²) in [6, 6.07) is 14.4. The summed E-state index contributed by atoms with van der Waals surface area (Å²) in [5.41, 5.74) is -4.73. The molecule has 0 aliphatic carbocycles. The lowest BCUT2D eigenvalue weighted by Crippen LogP contribution is -2.37. The minimum Gasteiger partial charge on any atom is -0.473 e. The Morgan fingerprint density at radius 2 is 0.897 bits per heavy atom. The monoisotopic (exact) mass is 414 g/mol. The summed E-state index contributed by atoms with van der Waals surface area (Å²) in [6.07, 6.45) is -6.19. The van der Waals surface area contributed by atoms with Crippen molar-refractivity contribution in [3.8, 4) is 0 Å². The molecule has 0 spiro atoms. The predicted octanol–water partition coefficient (Wildman–Crippen LogP) is 7.07. The van der Waals surface area contributed by atoms with Gasteiger partial charge in [0.2, 0.25) is 0 Å². The van der Waals surface area contributed by atoms with Gasteiger partial charge in [0.05, 0.1) is 12.5 Å². The molecular weight excluding hydrogens is 394 g/mol. The Hall–Kier alpha value is -2.70. The summed E-state index contributed by atoms with van der Waals surface area (Å²) in [4.78, 5) is 0. The van der Waals surface area contributed by atoms with Gasteiger partial charge in [-0.2, -0.15) is 26.3 Å². The maximum absolute atomic E-state index is 13.6. The van der Waals surface area contributed by atoms with Gasteiger partial charge < -0.3 is 4.74 Å². The number of hydrogen-bond donors (Lipinski definition) is 0. The Bertz CT molecular complexity index is 768. The van der Waals surface area contributed by atoms with Gasteiger partial charge in [-0.15, -0.1) is 0 Å². The van der Waals surface area contributed by atoms with Crippen molar-refractivity contribution in [1.29, 1.82) is 0 Å². The second kappa shape index (κ2) is 8.35. The molecule has 0 saturated heterocycles. The number of hydrogen-bond acceptors (Lipinski definition) is 1. The van der Waals surface area contributed by atoms with Crippen molar-refractivity contribution in [2.45, 2.75) is 37.0 Å². The summed E-state index contributed by atoms with van der Waals surface area (Å²) >= 11 is 0. The van der Waals surface area contributed by atoms with Crippen LogP contribution in [0, 0.1) is 0 Å². The second-order valence-electron chi connectivity index (χ2n) is 6.87. The summed E-state index contributed by atoms with van der Waals surface area (Å²) in [5.74, 6) is 0. The van der Waals surface area contributed by atoms with Gasteiger partial charge in [-0.1, -0.05) is 60.7 Å². The zero-order valence-electron chi connectivity index (χ0n) is 15.8. The third-order valence-corrected chi connectivity index (χ3v) is 4.88. The van der Waals surface area contributed by atoms with Gasteiger partial charge in [-0.05, 0) is 37.1 Å². The average Bonchev–Trinajstić information content (AvgIpc) is 2.67. The Kier molecular flexibility index (Phi) is 6.50. The standard InChI is InChI=1S/C22H20F6O/c1-19(21(23,24)25,17-9-5-3-6-10-17)13-15-29-16-14-20(2,22(26,27)28)18-11-7-4-8-12-18/h3-16H,1-2H3. The van der Waals surface area contributed by atoms with Crippen LogP contribution in [0.2, 0.25) is 0 Å². The van der Waals surface area contributed by atoms with E-state index in [9.17, 15) is 26.3 Å². The highest BCUT2D eigenvalue weighted by molar-refractivity contribution is 5.33. The van der Waals surface area contributed by atoms with Crippen LogP contribution in [-0.4, -0.2) is 12.4 Å². The third kappa shape index (κ3) is 4.83. The first-order valence-corrected chi connectivity index (χ1v) is 8.67. The SMILES string of the molecule is CC(C=COC=CC(C)(c1ccccc1)C(F)(F)F)(c1ccccc1)C(F)(F)F. The van der Waals surface area contributed by atoms with E-state index in [0.29, 0.717) is 0 Å². The van der Waals surface area contributed by atoms with E-state index in [1.165, 1.54) is 48.5 Å². The van der Waals surface area contributed by atoms with Crippen LogP contribution in [0.1, 0.15) is 25.0 Å². The number of benzene rings is 2. The number of rotatable bonds is 6. The first kappa shape index (κ1) is 22.6. The normalized spacial score (nSPS) is 17.2. The highest BCUT2D eigenvalue weighted by Gasteiger charge is 2.51. The zero-order valence-corrected chi connectivity index (χ0v) is 15.8. The van der Waals surface area contributed by atoms with Crippen molar-refractivity contribution >= 4 is 0 Å². The van der Waals surface area contributed by atoms with Crippen LogP contribution >= 0.6 is 0 Å². The molecule has 2 rings (SSSR count). The summed E-state index contributed by atoms with van der Waals surface area (Å²) < 4.78 is 86.5. The van der Waals surface area contributed by atoms with E-state index in [-0.39, 0.29) is 11.1 Å². The fraction of sp³-hybridized carbons (Fsp3) is 0.273. The van der Waals surface area contributed by atoms with Crippen LogP contribution in [0.3, 0.4) is 0 Å². The van der Waals surface area contributed by atoms with Crippen molar-refractivity contribution in [3.05, 3.63) is 96.5 Å². The first-order valence-electron chi connectivity index (χ1n) is 8.67. The molecule has 2 unspecified atom stereocenters. The van der Waals surface area contributed by atoms with Crippen LogP contribution in [0.4, 0.5) is 26.3 Å². The Morgan fingerprint density at radius 1 is 0.586 bits per heavy atom. The molecule has 0 bridgehead atoms. The second-order valence-corrected chi connectivity index (χ2v) is 6.87. The minimum atomic E-state index is -4.62. The Balaban J connectivity index is 2.25. The van der Waals surface area contributed by atoms with E-state index in [4.69, 9.17) is 4.74 Å². The third-order valence-electron chi connectivity index (χ3n) is 4.88. The van der Waals surface area contributed by atoms with Crippen molar-refractivity contribution in [3.63, 3.8) is 0 Å². The molecule has 0 aliphatic heterocycles. The van der Waals surface area contributed by atoms with Gasteiger partial charge >= 0.3 is 12.4 Å². The molecule has 0 saturated carbocycles. The molecule has 2 aromatic rings. The number of allylic oxidation sites excluding steroid dienone is 2. The van der Waals surface area contributed by atoms with Gasteiger partial charge in [-0.25, -0.2) is 0 Å². The lowest BCUT2D eigenvalue weighted by molar-refractivity contribution is -0.171. The zero-order chi connectivity index (χ0) is 21.8. The van der Waals surface area contributed by atoms with Gasteiger partial charge in [0.25, 0.3) is 0 Å². The fourth-order valence-corrected chi connectivity index (χ4v) is 2.67. The molecule has 1 nitrogen and oxygen atoms in total. The van der Waals surface area contributed by atoms with E-state index in [1.807, 2.05) is 0 Å². The fourth-order valence-electron chi connectivity index (χ4n) is 2.67. The molecule has 2 atom stereocenters. The molecule has 0 fully saturated rings. The molecule has 0 aromatic heterocycles. The number of halogens is 6. The van der Waals surface area contributed by atoms with Gasteiger partial charge in [0, 0.05) is 0 Å². The van der Waals surface area contributed by atoms with E-state index < -0.39 is 23.2 Å². The lowest BCUT2D eigenvalue weighted by Gasteiger charge is -2.29. The maximum Gasteiger partial charge on any atom is 0.401 e. The molecule has 2 aromatic carbocycles. The molecule has 0 amide bonds. The van der Waals surface area contributed by atoms with E-state index >= 15 is 0 Å². The smallest absolute Gasteiger partial charge is 0.401 e. The quantitative estimate of drug-likeness (QED) is 0.363. The van der Waals surface area contributed by atoms with Gasteiger partial charge in [-0.3, -0.25) is 0 Å². The highest BCUT2D eigenvalue weighted by Crippen LogP contribution is 2.43. The Labute approximate surface area is 165 Å². The molecule has 156 valence electrons. The lowest BCUT2D eigenvalue weighted by atomic mass is 9.81. The van der Waals surface area contributed by atoms with Crippen molar-refractivity contribution in [2.75, 3.05) is 0 Å². The molecule has 7 heteroatoms. The van der Waals surface area contributed by atoms with E-state index in [2.05, 4.69) is 0 Å². The van der Waals surface area contributed by atoms with Gasteiger partial charge in [0.15, 0.2) is 0 Å². The van der Waals surface area contributed by atoms with E-state index in [1.54, 1.807) is 12.1 Å². The summed E-state index contributed by atoms with van der Waals surface area (Å²) in [7, 11) is 0. The van der Waals surface area contributed by atoms with Crippen LogP contribution < -0.4 is 0 Å². The predicted molar refractivity (Wildman–Crippen MR) is 99.1 cm³/mol. The number of ether oxygens (including phenoxy) is 1. The average molecular weight is 414 g/mol. The number of alkyl halides is 6. The van der Waals surface area contributed by atoms with Crippen molar-refractivity contribution in [1.82, 2.24) is 0 Å². The van der Waals surface area contributed by atoms with Crippen LogP contribution in [0.25, 0.3) is 0 Å². The summed E-state index contributed by atoms with van der Waals surface area (Å²) in [5, 5.41) is 0. The highest BCUT2D eigenvalue weighted by atomic mass is 19.4. The summed E-state index contributed by atoms with van der Waals surface area (Å²) in [6.45, 7) is 1.94. The Morgan fingerprint density at radius 3 is 1.17 bits per heavy atom. The van der Waals surface area contributed by atoms with Crippen molar-refractivity contribution in [2.24, 2.45) is 0 Å². The largest absolute Gasteiger partial charge is 0.473 e. The molecule has 0 N–H and O–H groups in total. The molecule has 0 aliphatic rings. The maximum atomic E-state index is 13.6. The molecule has 29 heavy (non-hydrogen) atoms. The van der Waals surface area contributed by atoms with Gasteiger partial charge in [0.1, 0.15) is 10.8 Å². The molecule has 0 radical (unpaired) electrons. The first-order chi connectivity index (χ1) is 13.4. The topological polar surface area (TPSA) is 9.23 Å². The molecular formula is C22H20F6O. The van der Waals surface area contributed by atoms with Crippen LogP contribution in [-0.2, 0) is 15.6 Å². The minimum absolute atomic E-state index is 0.0132. The van der Waals surface area contributed by atoms with Crippen molar-refractivity contribution < 1.29 is 31.1 Å². The van der Waals surface area contributed by atoms with E-state index in [0.717, 1.165) is 38.5 Å². The van der Waals surface area contributed by atoms with Crippen LogP contribution in [0.15, 0.2) is 85.3 Å². The molecule has 0 heterocycles.